The Balaban J connectivity index is 1.34. The van der Waals surface area contributed by atoms with Gasteiger partial charge in [0.05, 0.1) is 43.5 Å². The quantitative estimate of drug-likeness (QED) is 0.224. The molecule has 1 saturated carbocycles. The van der Waals surface area contributed by atoms with Crippen LogP contribution >= 0.6 is 0 Å². The minimum atomic E-state index is -1.18. The highest BCUT2D eigenvalue weighted by Gasteiger charge is 2.45. The highest BCUT2D eigenvalue weighted by Crippen LogP contribution is 2.47. The van der Waals surface area contributed by atoms with E-state index in [4.69, 9.17) is 19.4 Å². The monoisotopic (exact) mass is 658 g/mol. The number of aromatic nitrogens is 4. The van der Waals surface area contributed by atoms with Gasteiger partial charge in [0, 0.05) is 24.1 Å². The molecule has 252 valence electrons. The average Bonchev–Trinajstić information content (AvgIpc) is 3.41. The van der Waals surface area contributed by atoms with Crippen molar-refractivity contribution in [3.05, 3.63) is 53.7 Å². The van der Waals surface area contributed by atoms with E-state index in [9.17, 15) is 10.2 Å². The van der Waals surface area contributed by atoms with E-state index >= 15 is 8.78 Å². The van der Waals surface area contributed by atoms with E-state index in [1.54, 1.807) is 31.3 Å². The Hall–Kier alpha value is -4.13. The molecule has 2 aliphatic heterocycles. The van der Waals surface area contributed by atoms with Crippen LogP contribution in [0.25, 0.3) is 38.4 Å². The van der Waals surface area contributed by atoms with Gasteiger partial charge in [0.15, 0.2) is 5.82 Å². The van der Waals surface area contributed by atoms with E-state index in [2.05, 4.69) is 10.00 Å². The molecule has 8 rings (SSSR count). The van der Waals surface area contributed by atoms with Crippen molar-refractivity contribution in [2.24, 2.45) is 5.41 Å². The zero-order valence-electron chi connectivity index (χ0n) is 27.3. The summed E-state index contributed by atoms with van der Waals surface area (Å²) in [6.45, 7) is 8.18. The fourth-order valence-electron chi connectivity index (χ4n) is 7.60. The summed E-state index contributed by atoms with van der Waals surface area (Å²) in [6, 6.07) is 7.75. The molecule has 12 heteroatoms. The van der Waals surface area contributed by atoms with Crippen LogP contribution in [-0.4, -0.2) is 92.8 Å². The zero-order valence-corrected chi connectivity index (χ0v) is 27.3. The van der Waals surface area contributed by atoms with Gasteiger partial charge in [-0.05, 0) is 92.7 Å². The predicted molar refractivity (Wildman–Crippen MR) is 179 cm³/mol. The van der Waals surface area contributed by atoms with Crippen molar-refractivity contribution < 1.29 is 28.5 Å². The maximum Gasteiger partial charge on any atom is 0.319 e. The SMILES string of the molecule is CCc1c(F)ccc2cc(O)cc(-c3c(F)c4nc(OCC5(CN6CCCC6)CC5)nc(N5CCOCC(C)(O)C5)c4c4ccnn34)c12. The lowest BCUT2D eigenvalue weighted by Gasteiger charge is -2.29. The molecule has 1 aliphatic carbocycles. The zero-order chi connectivity index (χ0) is 33.2. The second kappa shape index (κ2) is 11.8. The van der Waals surface area contributed by atoms with E-state index in [0.717, 1.165) is 32.5 Å². The van der Waals surface area contributed by atoms with Crippen LogP contribution in [0.4, 0.5) is 14.6 Å². The number of hydrogen-bond donors (Lipinski definition) is 2. The summed E-state index contributed by atoms with van der Waals surface area (Å²) in [5, 5.41) is 27.9. The van der Waals surface area contributed by atoms with E-state index in [1.165, 1.54) is 29.5 Å². The van der Waals surface area contributed by atoms with Crippen molar-refractivity contribution in [1.82, 2.24) is 24.5 Å². The van der Waals surface area contributed by atoms with E-state index in [0.29, 0.717) is 64.8 Å². The Morgan fingerprint density at radius 2 is 1.85 bits per heavy atom. The first kappa shape index (κ1) is 31.2. The standard InChI is InChI=1S/C36H40F2N6O4/c1-3-24-26(37)7-6-22-16-23(45)17-25(28(22)24)32-30(38)31-29(27-8-11-39-44(27)32)33(43-14-15-47-20-35(2,46)18-43)41-34(40-31)48-21-36(9-10-36)19-42-12-4-5-13-42/h6-8,11,16-17,45-46H,3-5,9-10,12-15,18-21H2,1-2H3. The molecule has 2 saturated heterocycles. The highest BCUT2D eigenvalue weighted by atomic mass is 19.1. The second-order valence-corrected chi connectivity index (χ2v) is 14.1. The van der Waals surface area contributed by atoms with Gasteiger partial charge in [-0.2, -0.15) is 15.1 Å². The number of phenolic OH excluding ortho intramolecular Hbond substituents is 1. The summed E-state index contributed by atoms with van der Waals surface area (Å²) in [5.74, 6) is -0.794. The molecule has 1 atom stereocenters. The molecule has 5 aromatic rings. The third-order valence-corrected chi connectivity index (χ3v) is 10.1. The summed E-state index contributed by atoms with van der Waals surface area (Å²) in [6.07, 6.45) is 6.44. The maximum atomic E-state index is 17.4. The smallest absolute Gasteiger partial charge is 0.319 e. The van der Waals surface area contributed by atoms with Crippen LogP contribution in [0.3, 0.4) is 0 Å². The second-order valence-electron chi connectivity index (χ2n) is 14.1. The van der Waals surface area contributed by atoms with Crippen molar-refractivity contribution in [1.29, 1.82) is 0 Å². The fraction of sp³-hybridized carbons (Fsp3) is 0.472. The molecule has 10 nitrogen and oxygen atoms in total. The van der Waals surface area contributed by atoms with Gasteiger partial charge in [-0.1, -0.05) is 13.0 Å². The van der Waals surface area contributed by atoms with E-state index < -0.39 is 17.2 Å². The van der Waals surface area contributed by atoms with Crippen molar-refractivity contribution in [2.75, 3.05) is 57.4 Å². The summed E-state index contributed by atoms with van der Waals surface area (Å²) in [4.78, 5) is 14.0. The Labute approximate surface area is 276 Å². The number of aryl methyl sites for hydroxylation is 1. The van der Waals surface area contributed by atoms with Gasteiger partial charge in [-0.25, -0.2) is 13.3 Å². The molecule has 0 spiro atoms. The number of anilines is 1. The first-order valence-electron chi connectivity index (χ1n) is 16.9. The molecule has 3 fully saturated rings. The number of pyridine rings is 1. The van der Waals surface area contributed by atoms with Gasteiger partial charge >= 0.3 is 6.01 Å². The number of phenols is 1. The van der Waals surface area contributed by atoms with Crippen molar-refractivity contribution in [3.63, 3.8) is 0 Å². The summed E-state index contributed by atoms with van der Waals surface area (Å²) in [5.41, 5.74) is 0.115. The number of β-amino-alcohol motifs (C(OH)–C–C–N with tert-alkyl or cyclic N) is 1. The van der Waals surface area contributed by atoms with Crippen LogP contribution in [0, 0.1) is 17.0 Å². The molecule has 0 bridgehead atoms. The number of halogens is 2. The molecule has 1 unspecified atom stereocenters. The molecule has 0 radical (unpaired) electrons. The fourth-order valence-corrected chi connectivity index (χ4v) is 7.60. The normalized spacial score (nSPS) is 21.4. The largest absolute Gasteiger partial charge is 0.508 e. The number of aliphatic hydroxyl groups is 1. The van der Waals surface area contributed by atoms with Gasteiger partial charge in [0.2, 0.25) is 0 Å². The van der Waals surface area contributed by atoms with Crippen LogP contribution in [0.1, 0.15) is 45.1 Å². The molecule has 2 N–H and O–H groups in total. The number of fused-ring (bicyclic) bond motifs is 4. The molecular weight excluding hydrogens is 618 g/mol. The number of benzene rings is 2. The number of aromatic hydroxyl groups is 1. The van der Waals surface area contributed by atoms with Crippen LogP contribution < -0.4 is 9.64 Å². The van der Waals surface area contributed by atoms with Crippen LogP contribution in [0.2, 0.25) is 0 Å². The Kier molecular flexibility index (Phi) is 7.65. The lowest BCUT2D eigenvalue weighted by molar-refractivity contribution is -0.0123. The maximum absolute atomic E-state index is 17.4. The minimum absolute atomic E-state index is 0.0122. The van der Waals surface area contributed by atoms with Crippen molar-refractivity contribution in [2.45, 2.75) is 51.6 Å². The van der Waals surface area contributed by atoms with Gasteiger partial charge in [-0.15, -0.1) is 0 Å². The van der Waals surface area contributed by atoms with E-state index in [-0.39, 0.29) is 41.5 Å². The van der Waals surface area contributed by atoms with Gasteiger partial charge in [0.25, 0.3) is 0 Å². The number of rotatable bonds is 8. The highest BCUT2D eigenvalue weighted by molar-refractivity contribution is 6.07. The Morgan fingerprint density at radius 3 is 2.62 bits per heavy atom. The summed E-state index contributed by atoms with van der Waals surface area (Å²) < 4.78 is 46.1. The number of likely N-dealkylation sites (tertiary alicyclic amines) is 1. The van der Waals surface area contributed by atoms with Crippen LogP contribution in [0.15, 0.2) is 36.5 Å². The Morgan fingerprint density at radius 1 is 1.04 bits per heavy atom. The molecular formula is C36H40F2N6O4. The molecule has 3 aliphatic rings. The number of nitrogens with zero attached hydrogens (tertiary/aromatic N) is 6. The first-order valence-corrected chi connectivity index (χ1v) is 16.9. The molecule has 2 aromatic carbocycles. The molecule has 0 amide bonds. The van der Waals surface area contributed by atoms with Gasteiger partial charge in [0.1, 0.15) is 34.2 Å². The molecule has 48 heavy (non-hydrogen) atoms. The lowest BCUT2D eigenvalue weighted by Crippen LogP contribution is -2.42. The van der Waals surface area contributed by atoms with Crippen molar-refractivity contribution in [3.8, 4) is 23.0 Å². The van der Waals surface area contributed by atoms with Crippen LogP contribution in [0.5, 0.6) is 11.8 Å². The van der Waals surface area contributed by atoms with Crippen molar-refractivity contribution >= 4 is 33.0 Å². The third kappa shape index (κ3) is 5.49. The third-order valence-electron chi connectivity index (χ3n) is 10.1. The number of hydrogen-bond acceptors (Lipinski definition) is 9. The summed E-state index contributed by atoms with van der Waals surface area (Å²) >= 11 is 0. The summed E-state index contributed by atoms with van der Waals surface area (Å²) in [7, 11) is 0. The molecule has 5 heterocycles. The van der Waals surface area contributed by atoms with Crippen LogP contribution in [-0.2, 0) is 11.2 Å². The lowest BCUT2D eigenvalue weighted by atomic mass is 9.94. The first-order chi connectivity index (χ1) is 23.2. The Bertz CT molecular complexity index is 2040. The average molecular weight is 659 g/mol. The van der Waals surface area contributed by atoms with Gasteiger partial charge < -0.3 is 29.5 Å². The molecule has 3 aromatic heterocycles. The topological polar surface area (TPSA) is 108 Å². The predicted octanol–water partition coefficient (Wildman–Crippen LogP) is 5.49. The number of ether oxygens (including phenoxy) is 2. The van der Waals surface area contributed by atoms with Gasteiger partial charge in [-0.3, -0.25) is 0 Å². The van der Waals surface area contributed by atoms with E-state index in [1.807, 2.05) is 11.8 Å². The minimum Gasteiger partial charge on any atom is -0.508 e.